The zero-order valence-electron chi connectivity index (χ0n) is 14.5. The van der Waals surface area contributed by atoms with Crippen molar-refractivity contribution < 1.29 is 4.79 Å². The monoisotopic (exact) mass is 478 g/mol. The maximum absolute atomic E-state index is 12.7. The Labute approximate surface area is 166 Å². The van der Waals surface area contributed by atoms with Gasteiger partial charge in [-0.05, 0) is 34.7 Å². The summed E-state index contributed by atoms with van der Waals surface area (Å²) in [6.07, 6.45) is 3.24. The van der Waals surface area contributed by atoms with Gasteiger partial charge in [0.25, 0.3) is 5.56 Å². The Bertz CT molecular complexity index is 1220. The fourth-order valence-corrected chi connectivity index (χ4v) is 3.24. The Balaban J connectivity index is 1.64. The number of hydrogen-bond acceptors (Lipinski definition) is 6. The van der Waals surface area contributed by atoms with Gasteiger partial charge < -0.3 is 5.32 Å². The van der Waals surface area contributed by atoms with Crippen LogP contribution in [0.1, 0.15) is 25.6 Å². The molecule has 4 aromatic heterocycles. The first-order valence-corrected chi connectivity index (χ1v) is 9.26. The summed E-state index contributed by atoms with van der Waals surface area (Å²) in [5, 5.41) is 19.1. The Morgan fingerprint density at radius 2 is 2.11 bits per heavy atom. The van der Waals surface area contributed by atoms with Crippen LogP contribution < -0.4 is 10.9 Å². The molecule has 138 valence electrons. The van der Waals surface area contributed by atoms with Crippen LogP contribution in [0.25, 0.3) is 11.2 Å². The van der Waals surface area contributed by atoms with Crippen molar-refractivity contribution in [2.24, 2.45) is 0 Å². The van der Waals surface area contributed by atoms with Crippen molar-refractivity contribution in [3.8, 4) is 0 Å². The number of pyridine rings is 1. The lowest BCUT2D eigenvalue weighted by Crippen LogP contribution is -2.32. The van der Waals surface area contributed by atoms with E-state index >= 15 is 0 Å². The summed E-state index contributed by atoms with van der Waals surface area (Å²) in [6.45, 7) is 3.72. The van der Waals surface area contributed by atoms with Crippen molar-refractivity contribution in [2.45, 2.75) is 26.3 Å². The van der Waals surface area contributed by atoms with Gasteiger partial charge in [0.05, 0.1) is 5.69 Å². The van der Waals surface area contributed by atoms with E-state index < -0.39 is 0 Å². The van der Waals surface area contributed by atoms with Crippen molar-refractivity contribution in [3.63, 3.8) is 0 Å². The second-order valence-corrected chi connectivity index (χ2v) is 7.41. The summed E-state index contributed by atoms with van der Waals surface area (Å²) < 4.78 is 5.10. The van der Waals surface area contributed by atoms with E-state index in [2.05, 4.69) is 25.7 Å². The van der Waals surface area contributed by atoms with Gasteiger partial charge in [0, 0.05) is 18.2 Å². The molecule has 27 heavy (non-hydrogen) atoms. The second-order valence-electron chi connectivity index (χ2n) is 6.30. The van der Waals surface area contributed by atoms with Gasteiger partial charge in [0.2, 0.25) is 5.91 Å². The zero-order valence-corrected chi connectivity index (χ0v) is 16.7. The number of nitrogens with zero attached hydrogens (tertiary/aromatic N) is 7. The maximum Gasteiger partial charge on any atom is 0.293 e. The summed E-state index contributed by atoms with van der Waals surface area (Å²) in [5.41, 5.74) is 1.29. The van der Waals surface area contributed by atoms with Crippen LogP contribution in [0, 0.1) is 3.70 Å². The molecule has 4 heterocycles. The van der Waals surface area contributed by atoms with E-state index in [-0.39, 0.29) is 23.9 Å². The van der Waals surface area contributed by atoms with E-state index in [1.54, 1.807) is 39.6 Å². The molecule has 0 fully saturated rings. The Hall–Kier alpha value is -2.83. The van der Waals surface area contributed by atoms with Gasteiger partial charge in [-0.25, -0.2) is 9.20 Å². The number of fused-ring (bicyclic) bond motifs is 2. The van der Waals surface area contributed by atoms with E-state index in [9.17, 15) is 9.59 Å². The number of anilines is 1. The fraction of sp³-hybridized carbons (Fsp3) is 0.250. The van der Waals surface area contributed by atoms with Gasteiger partial charge in [0.1, 0.15) is 22.1 Å². The van der Waals surface area contributed by atoms with Crippen LogP contribution in [-0.2, 0) is 11.3 Å². The van der Waals surface area contributed by atoms with Crippen molar-refractivity contribution in [1.29, 1.82) is 0 Å². The van der Waals surface area contributed by atoms with Crippen LogP contribution in [0.5, 0.6) is 0 Å². The molecule has 10 nitrogen and oxygen atoms in total. The number of amides is 1. The molecule has 0 aromatic carbocycles. The molecule has 0 aliphatic carbocycles. The molecule has 11 heteroatoms. The molecule has 1 N–H and O–H groups in total. The standard InChI is InChI=1S/C16H15IN8O2/c1-9(2)15-22-24(16(27)11-5-12(17)21-25(11)15)7-14(26)19-10-3-4-13-20-18-8-23(13)6-10/h3-6,8-9H,7H2,1-2H3,(H,19,26). The molecule has 0 aliphatic heterocycles. The largest absolute Gasteiger partial charge is 0.323 e. The number of hydrogen-bond donors (Lipinski definition) is 1. The summed E-state index contributed by atoms with van der Waals surface area (Å²) in [7, 11) is 0. The maximum atomic E-state index is 12.7. The zero-order chi connectivity index (χ0) is 19.1. The minimum atomic E-state index is -0.362. The van der Waals surface area contributed by atoms with E-state index in [0.29, 0.717) is 26.4 Å². The SMILES string of the molecule is CC(C)c1nn(CC(=O)Nc2ccc3nncn3c2)c(=O)c2cc(I)nn12. The Kier molecular flexibility index (Phi) is 4.37. The highest BCUT2D eigenvalue weighted by Crippen LogP contribution is 2.14. The summed E-state index contributed by atoms with van der Waals surface area (Å²) in [4.78, 5) is 25.1. The minimum Gasteiger partial charge on any atom is -0.323 e. The van der Waals surface area contributed by atoms with Crippen LogP contribution in [0.4, 0.5) is 5.69 Å². The second kappa shape index (κ2) is 6.72. The van der Waals surface area contributed by atoms with Crippen LogP contribution in [0.2, 0.25) is 0 Å². The van der Waals surface area contributed by atoms with E-state index in [1.165, 1.54) is 4.68 Å². The smallest absolute Gasteiger partial charge is 0.293 e. The molecule has 0 saturated carbocycles. The predicted molar refractivity (Wildman–Crippen MR) is 106 cm³/mol. The van der Waals surface area contributed by atoms with Gasteiger partial charge >= 0.3 is 0 Å². The molecule has 0 atom stereocenters. The number of nitrogens with one attached hydrogen (secondary N) is 1. The molecule has 1 amide bonds. The summed E-state index contributed by atoms with van der Waals surface area (Å²) >= 11 is 2.05. The van der Waals surface area contributed by atoms with Gasteiger partial charge in [0.15, 0.2) is 11.5 Å². The van der Waals surface area contributed by atoms with Crippen molar-refractivity contribution in [3.05, 3.63) is 50.6 Å². The van der Waals surface area contributed by atoms with Crippen molar-refractivity contribution in [2.75, 3.05) is 5.32 Å². The lowest BCUT2D eigenvalue weighted by atomic mass is 10.2. The molecule has 0 spiro atoms. The Morgan fingerprint density at radius 1 is 1.30 bits per heavy atom. The number of carbonyl (C=O) groups excluding carboxylic acids is 1. The molecule has 4 aromatic rings. The molecular weight excluding hydrogens is 463 g/mol. The van der Waals surface area contributed by atoms with E-state index in [0.717, 1.165) is 0 Å². The van der Waals surface area contributed by atoms with Crippen LogP contribution in [-0.4, -0.2) is 39.9 Å². The van der Waals surface area contributed by atoms with Gasteiger partial charge in [-0.15, -0.1) is 10.2 Å². The van der Waals surface area contributed by atoms with Crippen molar-refractivity contribution >= 4 is 45.3 Å². The lowest BCUT2D eigenvalue weighted by Gasteiger charge is -2.12. The highest BCUT2D eigenvalue weighted by molar-refractivity contribution is 14.1. The van der Waals surface area contributed by atoms with E-state index in [1.807, 2.05) is 36.4 Å². The minimum absolute atomic E-state index is 0.0364. The first-order chi connectivity index (χ1) is 12.9. The van der Waals surface area contributed by atoms with Gasteiger partial charge in [-0.2, -0.15) is 10.2 Å². The van der Waals surface area contributed by atoms with E-state index in [4.69, 9.17) is 0 Å². The topological polar surface area (TPSA) is 111 Å². The third-order valence-corrected chi connectivity index (χ3v) is 4.48. The third kappa shape index (κ3) is 3.29. The van der Waals surface area contributed by atoms with Crippen LogP contribution >= 0.6 is 22.6 Å². The average Bonchev–Trinajstić information content (AvgIpc) is 3.22. The number of halogens is 1. The van der Waals surface area contributed by atoms with Crippen LogP contribution in [0.15, 0.2) is 35.5 Å². The highest BCUT2D eigenvalue weighted by atomic mass is 127. The molecule has 0 radical (unpaired) electrons. The molecule has 0 unspecified atom stereocenters. The summed E-state index contributed by atoms with van der Waals surface area (Å²) in [5.74, 6) is 0.297. The molecule has 0 aliphatic rings. The first-order valence-electron chi connectivity index (χ1n) is 8.18. The third-order valence-electron chi connectivity index (χ3n) is 3.96. The van der Waals surface area contributed by atoms with Crippen molar-refractivity contribution in [1.82, 2.24) is 34.0 Å². The highest BCUT2D eigenvalue weighted by Gasteiger charge is 2.17. The average molecular weight is 478 g/mol. The molecule has 4 rings (SSSR count). The lowest BCUT2D eigenvalue weighted by molar-refractivity contribution is -0.117. The summed E-state index contributed by atoms with van der Waals surface area (Å²) in [6, 6.07) is 5.15. The number of rotatable bonds is 4. The molecule has 0 bridgehead atoms. The molecule has 0 saturated heterocycles. The van der Waals surface area contributed by atoms with Gasteiger partial charge in [-0.3, -0.25) is 14.0 Å². The quantitative estimate of drug-likeness (QED) is 0.443. The number of aromatic nitrogens is 7. The normalized spacial score (nSPS) is 11.6. The number of carbonyl (C=O) groups is 1. The van der Waals surface area contributed by atoms with Gasteiger partial charge in [-0.1, -0.05) is 13.8 Å². The fourth-order valence-electron chi connectivity index (χ4n) is 2.73. The predicted octanol–water partition coefficient (Wildman–Crippen LogP) is 1.30. The Morgan fingerprint density at radius 3 is 2.89 bits per heavy atom. The first kappa shape index (κ1) is 17.6. The van der Waals surface area contributed by atoms with Crippen LogP contribution in [0.3, 0.4) is 0 Å². The molecular formula is C16H15IN8O2.